The number of ether oxygens (including phenoxy) is 2. The van der Waals surface area contributed by atoms with E-state index in [0.29, 0.717) is 16.9 Å². The minimum Gasteiger partial charge on any atom is -0.497 e. The highest BCUT2D eigenvalue weighted by Crippen LogP contribution is 2.46. The summed E-state index contributed by atoms with van der Waals surface area (Å²) in [6.45, 7) is 8.66. The highest BCUT2D eigenvalue weighted by Gasteiger charge is 2.36. The summed E-state index contributed by atoms with van der Waals surface area (Å²) in [4.78, 5) is 11.4. The first-order valence-electron chi connectivity index (χ1n) is 13.1. The molecule has 0 amide bonds. The molecule has 0 unspecified atom stereocenters. The maximum Gasteiger partial charge on any atom is 0.303 e. The standard InChI is InChI=1S/C32H36F2O4/c1-19(32(2,3)4)25-15-20(9-13-23(25)27-16-22(37-5)12-14-28(27)33)18-38-29-8-6-7-24(31(29)34)26(17-30(35)36)21-10-11-21/h6-9,12-16,19,21,26H,10-11,17-18H2,1-5H3,(H,35,36)/t19-,26+/m0/s1. The number of carboxylic acids is 1. The summed E-state index contributed by atoms with van der Waals surface area (Å²) >= 11 is 0. The lowest BCUT2D eigenvalue weighted by atomic mass is 9.75. The second kappa shape index (κ2) is 11.1. The van der Waals surface area contributed by atoms with Crippen LogP contribution in [0, 0.1) is 23.0 Å². The van der Waals surface area contributed by atoms with Gasteiger partial charge in [0.25, 0.3) is 0 Å². The maximum atomic E-state index is 15.5. The van der Waals surface area contributed by atoms with Crippen molar-refractivity contribution in [1.82, 2.24) is 0 Å². The second-order valence-electron chi connectivity index (χ2n) is 11.3. The fourth-order valence-corrected chi connectivity index (χ4v) is 4.91. The minimum absolute atomic E-state index is 0.0819. The fourth-order valence-electron chi connectivity index (χ4n) is 4.91. The van der Waals surface area contributed by atoms with Gasteiger partial charge in [-0.2, -0.15) is 0 Å². The van der Waals surface area contributed by atoms with Gasteiger partial charge in [-0.1, -0.05) is 58.0 Å². The molecule has 4 nitrogen and oxygen atoms in total. The Morgan fingerprint density at radius 2 is 1.76 bits per heavy atom. The molecule has 1 saturated carbocycles. The Bertz CT molecular complexity index is 1310. The normalized spacial score (nSPS) is 15.1. The molecule has 0 bridgehead atoms. The van der Waals surface area contributed by atoms with Crippen molar-refractivity contribution >= 4 is 5.97 Å². The molecule has 2 atom stereocenters. The molecule has 1 fully saturated rings. The van der Waals surface area contributed by atoms with Gasteiger partial charge in [-0.15, -0.1) is 0 Å². The summed E-state index contributed by atoms with van der Waals surface area (Å²) in [7, 11) is 1.55. The number of halogens is 2. The van der Waals surface area contributed by atoms with Gasteiger partial charge in [0.05, 0.1) is 13.5 Å². The summed E-state index contributed by atoms with van der Waals surface area (Å²) in [6, 6.07) is 15.4. The Morgan fingerprint density at radius 1 is 1.03 bits per heavy atom. The van der Waals surface area contributed by atoms with E-state index in [9.17, 15) is 14.3 Å². The van der Waals surface area contributed by atoms with Gasteiger partial charge in [-0.3, -0.25) is 4.79 Å². The van der Waals surface area contributed by atoms with Crippen LogP contribution in [0.25, 0.3) is 11.1 Å². The van der Waals surface area contributed by atoms with Crippen molar-refractivity contribution in [3.63, 3.8) is 0 Å². The van der Waals surface area contributed by atoms with Crippen molar-refractivity contribution in [2.75, 3.05) is 7.11 Å². The molecule has 202 valence electrons. The molecule has 0 spiro atoms. The van der Waals surface area contributed by atoms with Gasteiger partial charge >= 0.3 is 5.97 Å². The zero-order chi connectivity index (χ0) is 27.6. The van der Waals surface area contributed by atoms with Crippen molar-refractivity contribution in [3.05, 3.63) is 82.9 Å². The molecule has 0 aliphatic heterocycles. The van der Waals surface area contributed by atoms with Crippen LogP contribution in [0.2, 0.25) is 0 Å². The average Bonchev–Trinajstić information content (AvgIpc) is 3.71. The van der Waals surface area contributed by atoms with E-state index in [1.165, 1.54) is 6.07 Å². The monoisotopic (exact) mass is 522 g/mol. The molecule has 0 saturated heterocycles. The smallest absolute Gasteiger partial charge is 0.303 e. The molecule has 1 aliphatic carbocycles. The van der Waals surface area contributed by atoms with Gasteiger partial charge in [0.1, 0.15) is 18.2 Å². The van der Waals surface area contributed by atoms with Crippen LogP contribution in [0.1, 0.15) is 75.5 Å². The third-order valence-corrected chi connectivity index (χ3v) is 7.72. The van der Waals surface area contributed by atoms with E-state index in [-0.39, 0.29) is 47.8 Å². The van der Waals surface area contributed by atoms with Gasteiger partial charge in [0, 0.05) is 11.5 Å². The van der Waals surface area contributed by atoms with Crippen LogP contribution in [0.4, 0.5) is 8.78 Å². The molecule has 4 rings (SSSR count). The van der Waals surface area contributed by atoms with Crippen molar-refractivity contribution in [1.29, 1.82) is 0 Å². The largest absolute Gasteiger partial charge is 0.497 e. The molecule has 38 heavy (non-hydrogen) atoms. The van der Waals surface area contributed by atoms with Crippen molar-refractivity contribution in [2.45, 2.75) is 65.4 Å². The number of hydrogen-bond donors (Lipinski definition) is 1. The predicted molar refractivity (Wildman–Crippen MR) is 145 cm³/mol. The fraction of sp³-hybridized carbons (Fsp3) is 0.406. The Labute approximate surface area is 223 Å². The number of rotatable bonds is 10. The van der Waals surface area contributed by atoms with Crippen molar-refractivity contribution in [2.24, 2.45) is 11.3 Å². The lowest BCUT2D eigenvalue weighted by molar-refractivity contribution is -0.137. The van der Waals surface area contributed by atoms with E-state index in [0.717, 1.165) is 29.5 Å². The Balaban J connectivity index is 1.65. The molecule has 6 heteroatoms. The van der Waals surface area contributed by atoms with E-state index in [4.69, 9.17) is 9.47 Å². The van der Waals surface area contributed by atoms with Crippen LogP contribution < -0.4 is 9.47 Å². The van der Waals surface area contributed by atoms with Gasteiger partial charge in [0.2, 0.25) is 0 Å². The van der Waals surface area contributed by atoms with Crippen LogP contribution in [0.3, 0.4) is 0 Å². The third-order valence-electron chi connectivity index (χ3n) is 7.72. The highest BCUT2D eigenvalue weighted by atomic mass is 19.1. The summed E-state index contributed by atoms with van der Waals surface area (Å²) in [6.07, 6.45) is 1.73. The van der Waals surface area contributed by atoms with Crippen LogP contribution in [-0.2, 0) is 11.4 Å². The predicted octanol–water partition coefficient (Wildman–Crippen LogP) is 8.34. The van der Waals surface area contributed by atoms with E-state index in [1.807, 2.05) is 18.2 Å². The summed E-state index contributed by atoms with van der Waals surface area (Å²) in [5.41, 5.74) is 3.35. The highest BCUT2D eigenvalue weighted by molar-refractivity contribution is 5.71. The lowest BCUT2D eigenvalue weighted by Crippen LogP contribution is -2.17. The SMILES string of the molecule is COc1ccc(F)c(-c2ccc(COc3cccc([C@H](CC(=O)O)C4CC4)c3F)cc2[C@H](C)C(C)(C)C)c1. The number of aliphatic carboxylic acids is 1. The minimum atomic E-state index is -0.930. The Morgan fingerprint density at radius 3 is 2.39 bits per heavy atom. The number of hydrogen-bond acceptors (Lipinski definition) is 3. The quantitative estimate of drug-likeness (QED) is 0.291. The van der Waals surface area contributed by atoms with Gasteiger partial charge in [-0.25, -0.2) is 8.78 Å². The summed E-state index contributed by atoms with van der Waals surface area (Å²) < 4.78 is 41.6. The number of benzene rings is 3. The van der Waals surface area contributed by atoms with Crippen LogP contribution in [0.5, 0.6) is 11.5 Å². The van der Waals surface area contributed by atoms with E-state index >= 15 is 4.39 Å². The molecule has 0 aromatic heterocycles. The van der Waals surface area contributed by atoms with Crippen molar-refractivity contribution < 1.29 is 28.2 Å². The summed E-state index contributed by atoms with van der Waals surface area (Å²) in [5, 5.41) is 9.33. The molecule has 1 N–H and O–H groups in total. The Hall–Kier alpha value is -3.41. The topological polar surface area (TPSA) is 55.8 Å². The number of carboxylic acid groups (broad SMARTS) is 1. The molecular formula is C32H36F2O4. The molecule has 0 heterocycles. The molecule has 1 aliphatic rings. The van der Waals surface area contributed by atoms with Gasteiger partial charge < -0.3 is 14.6 Å². The van der Waals surface area contributed by atoms with E-state index < -0.39 is 11.8 Å². The number of methoxy groups -OCH3 is 1. The molecular weight excluding hydrogens is 486 g/mol. The molecule has 3 aromatic rings. The second-order valence-corrected chi connectivity index (χ2v) is 11.3. The zero-order valence-corrected chi connectivity index (χ0v) is 22.7. The maximum absolute atomic E-state index is 15.5. The Kier molecular flexibility index (Phi) is 8.10. The van der Waals surface area contributed by atoms with E-state index in [2.05, 4.69) is 27.7 Å². The van der Waals surface area contributed by atoms with Crippen molar-refractivity contribution in [3.8, 4) is 22.6 Å². The van der Waals surface area contributed by atoms with Gasteiger partial charge in [-0.05, 0) is 76.6 Å². The first-order chi connectivity index (χ1) is 18.0. The summed E-state index contributed by atoms with van der Waals surface area (Å²) in [5.74, 6) is -1.15. The van der Waals surface area contributed by atoms with Gasteiger partial charge in [0.15, 0.2) is 11.6 Å². The van der Waals surface area contributed by atoms with Crippen LogP contribution in [-0.4, -0.2) is 18.2 Å². The zero-order valence-electron chi connectivity index (χ0n) is 22.7. The van der Waals surface area contributed by atoms with Crippen LogP contribution >= 0.6 is 0 Å². The average molecular weight is 523 g/mol. The first kappa shape index (κ1) is 27.6. The lowest BCUT2D eigenvalue weighted by Gasteiger charge is -2.30. The third kappa shape index (κ3) is 6.17. The number of carbonyl (C=O) groups is 1. The van der Waals surface area contributed by atoms with Crippen LogP contribution in [0.15, 0.2) is 54.6 Å². The molecule has 0 radical (unpaired) electrons. The van der Waals surface area contributed by atoms with E-state index in [1.54, 1.807) is 37.4 Å². The first-order valence-corrected chi connectivity index (χ1v) is 13.1. The molecule has 3 aromatic carbocycles.